The van der Waals surface area contributed by atoms with Crippen molar-refractivity contribution in [3.63, 3.8) is 0 Å². The minimum Gasteiger partial charge on any atom is -0.355 e. The van der Waals surface area contributed by atoms with Crippen molar-refractivity contribution in [2.45, 2.75) is 32.4 Å². The number of nitriles is 1. The number of pyridine rings is 1. The fourth-order valence-corrected chi connectivity index (χ4v) is 4.81. The van der Waals surface area contributed by atoms with E-state index in [-0.39, 0.29) is 18.1 Å². The van der Waals surface area contributed by atoms with Crippen molar-refractivity contribution in [3.05, 3.63) is 69.5 Å². The fraction of sp³-hybridized carbons (Fsp3) is 0.280. The van der Waals surface area contributed by atoms with E-state index in [9.17, 15) is 10.1 Å². The second-order valence-electron chi connectivity index (χ2n) is 8.60. The Morgan fingerprint density at radius 1 is 1.32 bits per heavy atom. The average molecular weight is 474 g/mol. The molecule has 8 nitrogen and oxygen atoms in total. The first-order chi connectivity index (χ1) is 16.5. The highest BCUT2D eigenvalue weighted by Gasteiger charge is 2.28. The van der Waals surface area contributed by atoms with Crippen molar-refractivity contribution in [3.8, 4) is 6.07 Å². The van der Waals surface area contributed by atoms with Crippen LogP contribution >= 0.6 is 11.6 Å². The molecule has 4 heterocycles. The molecule has 0 unspecified atom stereocenters. The van der Waals surface area contributed by atoms with Crippen LogP contribution in [-0.4, -0.2) is 38.2 Å². The largest absolute Gasteiger partial charge is 0.355 e. The standard InChI is InChI=1S/C25H24ClN7O/c1-16(26)12-33-23-22(20(11-27)24(33)31-10-4-6-18(28)13-31)30-15-32(25(23)34)14-21-19-7-3-2-5-17(19)8-9-29-21/h2-3,5,7-9,12,15,18H,4,6,10,13-14,28H2,1H3/t18-/m0/s1. The van der Waals surface area contributed by atoms with Gasteiger partial charge in [-0.15, -0.1) is 0 Å². The predicted octanol–water partition coefficient (Wildman–Crippen LogP) is 3.65. The summed E-state index contributed by atoms with van der Waals surface area (Å²) in [4.78, 5) is 24.9. The minimum absolute atomic E-state index is 0.00473. The normalized spacial score (nSPS) is 16.8. The number of anilines is 1. The van der Waals surface area contributed by atoms with E-state index in [1.807, 2.05) is 30.3 Å². The molecule has 1 atom stereocenters. The van der Waals surface area contributed by atoms with Gasteiger partial charge in [0, 0.05) is 41.9 Å². The van der Waals surface area contributed by atoms with Crippen molar-refractivity contribution in [2.75, 3.05) is 18.0 Å². The van der Waals surface area contributed by atoms with Gasteiger partial charge < -0.3 is 10.6 Å². The molecule has 5 rings (SSSR count). The Kier molecular flexibility index (Phi) is 5.82. The lowest BCUT2D eigenvalue weighted by Gasteiger charge is -2.33. The minimum atomic E-state index is -0.266. The van der Waals surface area contributed by atoms with Gasteiger partial charge in [0.1, 0.15) is 28.5 Å². The van der Waals surface area contributed by atoms with E-state index in [0.29, 0.717) is 34.0 Å². The third-order valence-electron chi connectivity index (χ3n) is 6.20. The van der Waals surface area contributed by atoms with Gasteiger partial charge >= 0.3 is 0 Å². The number of halogens is 1. The van der Waals surface area contributed by atoms with Crippen LogP contribution in [0.4, 0.5) is 5.82 Å². The monoisotopic (exact) mass is 473 g/mol. The topological polar surface area (TPSA) is 106 Å². The maximum atomic E-state index is 13.7. The van der Waals surface area contributed by atoms with E-state index < -0.39 is 0 Å². The van der Waals surface area contributed by atoms with Gasteiger partial charge in [-0.1, -0.05) is 35.9 Å². The molecule has 9 heteroatoms. The maximum Gasteiger partial charge on any atom is 0.278 e. The quantitative estimate of drug-likeness (QED) is 0.485. The summed E-state index contributed by atoms with van der Waals surface area (Å²) in [6.07, 6.45) is 6.72. The molecule has 1 aliphatic heterocycles. The van der Waals surface area contributed by atoms with Crippen LogP contribution in [0.3, 0.4) is 0 Å². The summed E-state index contributed by atoms with van der Waals surface area (Å²) in [6.45, 7) is 3.32. The third kappa shape index (κ3) is 3.83. The second kappa shape index (κ2) is 8.93. The van der Waals surface area contributed by atoms with Crippen molar-refractivity contribution in [2.24, 2.45) is 5.73 Å². The predicted molar refractivity (Wildman–Crippen MR) is 135 cm³/mol. The van der Waals surface area contributed by atoms with Gasteiger partial charge in [-0.3, -0.25) is 18.9 Å². The summed E-state index contributed by atoms with van der Waals surface area (Å²) in [5.74, 6) is 0.610. The van der Waals surface area contributed by atoms with Crippen molar-refractivity contribution in [1.29, 1.82) is 5.26 Å². The molecule has 1 saturated heterocycles. The molecule has 0 spiro atoms. The smallest absolute Gasteiger partial charge is 0.278 e. The summed E-state index contributed by atoms with van der Waals surface area (Å²) in [5, 5.41) is 12.5. The Balaban J connectivity index is 1.72. The summed E-state index contributed by atoms with van der Waals surface area (Å²) in [6, 6.07) is 12.1. The highest BCUT2D eigenvalue weighted by molar-refractivity contribution is 6.30. The Hall–Kier alpha value is -3.67. The molecule has 1 aromatic carbocycles. The molecule has 0 amide bonds. The molecular formula is C25H24ClN7O. The lowest BCUT2D eigenvalue weighted by Crippen LogP contribution is -2.43. The van der Waals surface area contributed by atoms with Crippen LogP contribution in [0.25, 0.3) is 28.0 Å². The first-order valence-electron chi connectivity index (χ1n) is 11.2. The number of rotatable bonds is 4. The zero-order chi connectivity index (χ0) is 23.8. The van der Waals surface area contributed by atoms with Crippen LogP contribution in [0.2, 0.25) is 0 Å². The molecule has 0 radical (unpaired) electrons. The summed E-state index contributed by atoms with van der Waals surface area (Å²) < 4.78 is 3.23. The van der Waals surface area contributed by atoms with Gasteiger partial charge in [0.25, 0.3) is 5.56 Å². The Bertz CT molecular complexity index is 1520. The number of hydrogen-bond acceptors (Lipinski definition) is 6. The zero-order valence-electron chi connectivity index (χ0n) is 18.8. The number of benzene rings is 1. The average Bonchev–Trinajstić information content (AvgIpc) is 3.14. The molecule has 0 saturated carbocycles. The van der Waals surface area contributed by atoms with Gasteiger partial charge in [0.2, 0.25) is 0 Å². The molecule has 1 aliphatic rings. The number of piperidine rings is 1. The number of allylic oxidation sites excluding steroid dienone is 1. The van der Waals surface area contributed by atoms with Gasteiger partial charge in [0.15, 0.2) is 0 Å². The first-order valence-corrected chi connectivity index (χ1v) is 11.6. The first kappa shape index (κ1) is 22.1. The highest BCUT2D eigenvalue weighted by Crippen LogP contribution is 2.32. The SMILES string of the molecule is CC(Cl)=Cn1c(N2CCC[C@H](N)C2)c(C#N)c2ncn(Cc3nccc4ccccc34)c(=O)c21. The molecular weight excluding hydrogens is 450 g/mol. The number of nitrogens with zero attached hydrogens (tertiary/aromatic N) is 6. The summed E-state index contributed by atoms with van der Waals surface area (Å²) in [5.41, 5.74) is 7.75. The van der Waals surface area contributed by atoms with Gasteiger partial charge in [0.05, 0.1) is 18.6 Å². The van der Waals surface area contributed by atoms with E-state index in [4.69, 9.17) is 17.3 Å². The summed E-state index contributed by atoms with van der Waals surface area (Å²) in [7, 11) is 0. The molecule has 172 valence electrons. The number of aromatic nitrogens is 4. The number of nitrogens with two attached hydrogens (primary N) is 1. The lowest BCUT2D eigenvalue weighted by atomic mass is 10.1. The van der Waals surface area contributed by atoms with Crippen molar-refractivity contribution in [1.82, 2.24) is 19.1 Å². The fourth-order valence-electron chi connectivity index (χ4n) is 4.71. The maximum absolute atomic E-state index is 13.7. The van der Waals surface area contributed by atoms with E-state index in [1.54, 1.807) is 23.9 Å². The van der Waals surface area contributed by atoms with Crippen LogP contribution in [0.5, 0.6) is 0 Å². The van der Waals surface area contributed by atoms with Gasteiger partial charge in [-0.25, -0.2) is 4.98 Å². The van der Waals surface area contributed by atoms with E-state index in [0.717, 1.165) is 35.9 Å². The zero-order valence-corrected chi connectivity index (χ0v) is 19.5. The van der Waals surface area contributed by atoms with E-state index in [2.05, 4.69) is 20.9 Å². The van der Waals surface area contributed by atoms with Crippen LogP contribution < -0.4 is 16.2 Å². The Labute approximate surface area is 201 Å². The molecule has 0 bridgehead atoms. The number of hydrogen-bond donors (Lipinski definition) is 1. The molecule has 34 heavy (non-hydrogen) atoms. The second-order valence-corrected chi connectivity index (χ2v) is 9.19. The summed E-state index contributed by atoms with van der Waals surface area (Å²) >= 11 is 6.27. The lowest BCUT2D eigenvalue weighted by molar-refractivity contribution is 0.502. The van der Waals surface area contributed by atoms with Crippen molar-refractivity contribution >= 4 is 45.4 Å². The molecule has 2 N–H and O–H groups in total. The van der Waals surface area contributed by atoms with Crippen LogP contribution in [0, 0.1) is 11.3 Å². The Morgan fingerprint density at radius 2 is 2.15 bits per heavy atom. The third-order valence-corrected chi connectivity index (χ3v) is 6.29. The Morgan fingerprint density at radius 3 is 2.91 bits per heavy atom. The van der Waals surface area contributed by atoms with Crippen LogP contribution in [0.15, 0.2) is 52.7 Å². The molecule has 1 fully saturated rings. The van der Waals surface area contributed by atoms with E-state index in [1.165, 1.54) is 10.9 Å². The molecule has 0 aliphatic carbocycles. The molecule has 3 aromatic heterocycles. The van der Waals surface area contributed by atoms with Crippen LogP contribution in [0.1, 0.15) is 31.0 Å². The van der Waals surface area contributed by atoms with Gasteiger partial charge in [-0.2, -0.15) is 5.26 Å². The van der Waals surface area contributed by atoms with E-state index >= 15 is 0 Å². The van der Waals surface area contributed by atoms with Gasteiger partial charge in [-0.05, 0) is 31.2 Å². The number of fused-ring (bicyclic) bond motifs is 2. The van der Waals surface area contributed by atoms with Crippen LogP contribution in [-0.2, 0) is 6.54 Å². The van der Waals surface area contributed by atoms with Crippen molar-refractivity contribution < 1.29 is 0 Å². The molecule has 4 aromatic rings. The highest BCUT2D eigenvalue weighted by atomic mass is 35.5.